The Hall–Kier alpha value is -3.00. The van der Waals surface area contributed by atoms with E-state index in [1.807, 2.05) is 18.2 Å². The molecule has 0 saturated carbocycles. The summed E-state index contributed by atoms with van der Waals surface area (Å²) in [5.74, 6) is -1.17. The molecule has 0 spiro atoms. The van der Waals surface area contributed by atoms with E-state index in [1.165, 1.54) is 16.9 Å². The van der Waals surface area contributed by atoms with Crippen LogP contribution >= 0.6 is 0 Å². The molecule has 1 aromatic carbocycles. The van der Waals surface area contributed by atoms with Crippen LogP contribution in [0.2, 0.25) is 0 Å². The van der Waals surface area contributed by atoms with E-state index in [9.17, 15) is 14.9 Å². The summed E-state index contributed by atoms with van der Waals surface area (Å²) in [6.07, 6.45) is 6.63. The maximum Gasteiger partial charge on any atom is 0.239 e. The van der Waals surface area contributed by atoms with E-state index in [0.29, 0.717) is 12.1 Å². The zero-order valence-corrected chi connectivity index (χ0v) is 16.4. The Morgan fingerprint density at radius 1 is 1.03 bits per heavy atom. The van der Waals surface area contributed by atoms with Crippen molar-refractivity contribution in [2.75, 3.05) is 4.90 Å². The molecule has 1 saturated heterocycles. The number of hydrogen-bond donors (Lipinski definition) is 0. The Balaban J connectivity index is 1.60. The Labute approximate surface area is 170 Å². The molecule has 0 N–H and O–H groups in total. The Bertz CT molecular complexity index is 1040. The fourth-order valence-corrected chi connectivity index (χ4v) is 5.33. The molecule has 146 valence electrons. The monoisotopic (exact) mass is 385 g/mol. The smallest absolute Gasteiger partial charge is 0.239 e. The number of carbonyl (C=O) groups excluding carboxylic acids is 2. The van der Waals surface area contributed by atoms with Gasteiger partial charge in [0.15, 0.2) is 0 Å². The number of carbonyl (C=O) groups is 2. The first-order chi connectivity index (χ1) is 14.1. The van der Waals surface area contributed by atoms with Crippen LogP contribution in [-0.2, 0) is 34.3 Å². The van der Waals surface area contributed by atoms with E-state index in [2.05, 4.69) is 12.1 Å². The zero-order chi connectivity index (χ0) is 20.0. The lowest BCUT2D eigenvalue weighted by Crippen LogP contribution is -2.43. The van der Waals surface area contributed by atoms with E-state index in [-0.39, 0.29) is 18.2 Å². The number of nitriles is 1. The molecule has 5 nitrogen and oxygen atoms in total. The third-order valence-electron chi connectivity index (χ3n) is 6.77. The van der Waals surface area contributed by atoms with Crippen LogP contribution in [0.3, 0.4) is 0 Å². The number of aromatic nitrogens is 1. The van der Waals surface area contributed by atoms with Gasteiger partial charge in [0, 0.05) is 12.1 Å². The second-order valence-electron chi connectivity index (χ2n) is 8.41. The maximum atomic E-state index is 13.4. The molecule has 2 aliphatic carbocycles. The predicted molar refractivity (Wildman–Crippen MR) is 108 cm³/mol. The van der Waals surface area contributed by atoms with Crippen LogP contribution in [0, 0.1) is 17.2 Å². The molecule has 2 aromatic rings. The molecule has 0 radical (unpaired) electrons. The van der Waals surface area contributed by atoms with Crippen molar-refractivity contribution in [1.82, 2.24) is 4.98 Å². The molecular formula is C24H23N3O2. The third-order valence-corrected chi connectivity index (χ3v) is 6.77. The Morgan fingerprint density at radius 3 is 2.59 bits per heavy atom. The van der Waals surface area contributed by atoms with Crippen LogP contribution in [0.15, 0.2) is 36.4 Å². The lowest BCUT2D eigenvalue weighted by molar-refractivity contribution is -0.123. The van der Waals surface area contributed by atoms with Gasteiger partial charge in [0.1, 0.15) is 5.41 Å². The lowest BCUT2D eigenvalue weighted by atomic mass is 9.65. The predicted octanol–water partition coefficient (Wildman–Crippen LogP) is 3.64. The van der Waals surface area contributed by atoms with E-state index in [4.69, 9.17) is 4.98 Å². The van der Waals surface area contributed by atoms with Gasteiger partial charge in [-0.3, -0.25) is 19.5 Å². The van der Waals surface area contributed by atoms with Crippen LogP contribution in [0.25, 0.3) is 0 Å². The molecule has 5 heteroatoms. The number of imide groups is 1. The minimum atomic E-state index is -1.02. The van der Waals surface area contributed by atoms with Crippen molar-refractivity contribution in [3.8, 4) is 6.07 Å². The van der Waals surface area contributed by atoms with Gasteiger partial charge in [-0.05, 0) is 68.2 Å². The number of amides is 2. The summed E-state index contributed by atoms with van der Waals surface area (Å²) >= 11 is 0. The number of anilines is 1. The Kier molecular flexibility index (Phi) is 4.24. The highest BCUT2D eigenvalue weighted by Crippen LogP contribution is 2.47. The van der Waals surface area contributed by atoms with Gasteiger partial charge in [-0.2, -0.15) is 5.26 Å². The molecule has 29 heavy (non-hydrogen) atoms. The van der Waals surface area contributed by atoms with Crippen molar-refractivity contribution in [2.24, 2.45) is 5.92 Å². The quantitative estimate of drug-likeness (QED) is 0.740. The first kappa shape index (κ1) is 18.1. The molecule has 3 aliphatic rings. The summed E-state index contributed by atoms with van der Waals surface area (Å²) in [7, 11) is 0. The molecule has 2 amide bonds. The first-order valence-electron chi connectivity index (χ1n) is 10.5. The molecule has 1 aromatic heterocycles. The summed E-state index contributed by atoms with van der Waals surface area (Å²) < 4.78 is 0. The van der Waals surface area contributed by atoms with Crippen molar-refractivity contribution in [2.45, 2.75) is 56.8 Å². The summed E-state index contributed by atoms with van der Waals surface area (Å²) in [6, 6.07) is 13.7. The van der Waals surface area contributed by atoms with Gasteiger partial charge < -0.3 is 0 Å². The van der Waals surface area contributed by atoms with Crippen LogP contribution in [0.4, 0.5) is 5.69 Å². The van der Waals surface area contributed by atoms with E-state index in [0.717, 1.165) is 49.1 Å². The molecular weight excluding hydrogens is 362 g/mol. The highest BCUT2D eigenvalue weighted by Gasteiger charge is 2.55. The van der Waals surface area contributed by atoms with E-state index < -0.39 is 11.3 Å². The highest BCUT2D eigenvalue weighted by molar-refractivity contribution is 6.21. The average molecular weight is 385 g/mol. The van der Waals surface area contributed by atoms with Crippen LogP contribution in [0.1, 0.15) is 54.6 Å². The number of pyridine rings is 1. The van der Waals surface area contributed by atoms with E-state index in [1.54, 1.807) is 12.1 Å². The molecule has 1 aliphatic heterocycles. The molecule has 2 atom stereocenters. The molecule has 0 bridgehead atoms. The number of para-hydroxylation sites is 1. The van der Waals surface area contributed by atoms with Crippen LogP contribution in [-0.4, -0.2) is 16.8 Å². The standard InChI is InChI=1S/C24H23N3O2/c25-15-24(19-14-21(28)27(23(19)29)18-9-2-1-3-10-18)12-6-8-17-13-16-7-4-5-11-20(16)26-22(17)24/h1-3,9-10,13,19H,4-8,11-12,14H2/t19-,24+/m1/s1. The second-order valence-corrected chi connectivity index (χ2v) is 8.41. The number of fused-ring (bicyclic) bond motifs is 2. The minimum absolute atomic E-state index is 0.0689. The van der Waals surface area contributed by atoms with Gasteiger partial charge >= 0.3 is 0 Å². The van der Waals surface area contributed by atoms with Crippen molar-refractivity contribution in [3.63, 3.8) is 0 Å². The van der Waals surface area contributed by atoms with Gasteiger partial charge in [0.05, 0.1) is 23.4 Å². The zero-order valence-electron chi connectivity index (χ0n) is 16.4. The maximum absolute atomic E-state index is 13.4. The van der Waals surface area contributed by atoms with Crippen molar-refractivity contribution >= 4 is 17.5 Å². The lowest BCUT2D eigenvalue weighted by Gasteiger charge is -2.36. The second kappa shape index (κ2) is 6.81. The van der Waals surface area contributed by atoms with Gasteiger partial charge in [-0.15, -0.1) is 0 Å². The fraction of sp³-hybridized carbons (Fsp3) is 0.417. The van der Waals surface area contributed by atoms with Crippen molar-refractivity contribution < 1.29 is 9.59 Å². The number of aryl methyl sites for hydroxylation is 3. The highest BCUT2D eigenvalue weighted by atomic mass is 16.2. The third kappa shape index (κ3) is 2.70. The van der Waals surface area contributed by atoms with Crippen LogP contribution in [0.5, 0.6) is 0 Å². The topological polar surface area (TPSA) is 74.1 Å². The van der Waals surface area contributed by atoms with Gasteiger partial charge in [-0.25, -0.2) is 0 Å². The Morgan fingerprint density at radius 2 is 1.79 bits per heavy atom. The first-order valence-corrected chi connectivity index (χ1v) is 10.5. The average Bonchev–Trinajstić information content (AvgIpc) is 3.06. The van der Waals surface area contributed by atoms with Gasteiger partial charge in [-0.1, -0.05) is 24.3 Å². The van der Waals surface area contributed by atoms with Crippen LogP contribution < -0.4 is 4.90 Å². The fourth-order valence-electron chi connectivity index (χ4n) is 5.33. The number of hydrogen-bond acceptors (Lipinski definition) is 4. The summed E-state index contributed by atoms with van der Waals surface area (Å²) in [6.45, 7) is 0. The van der Waals surface area contributed by atoms with Crippen molar-refractivity contribution in [3.05, 3.63) is 58.9 Å². The van der Waals surface area contributed by atoms with Crippen molar-refractivity contribution in [1.29, 1.82) is 5.26 Å². The number of benzene rings is 1. The summed E-state index contributed by atoms with van der Waals surface area (Å²) in [5, 5.41) is 10.3. The number of nitrogens with zero attached hydrogens (tertiary/aromatic N) is 3. The van der Waals surface area contributed by atoms with Gasteiger partial charge in [0.2, 0.25) is 11.8 Å². The van der Waals surface area contributed by atoms with E-state index >= 15 is 0 Å². The SMILES string of the molecule is N#C[C@]1([C@@H]2CC(=O)N(c3ccccc3)C2=O)CCCc2cc3c(nc21)CCCC3. The minimum Gasteiger partial charge on any atom is -0.274 e. The van der Waals surface area contributed by atoms with Gasteiger partial charge in [0.25, 0.3) is 0 Å². The molecule has 2 heterocycles. The molecule has 1 fully saturated rings. The molecule has 5 rings (SSSR count). The normalized spacial score (nSPS) is 26.0. The summed E-state index contributed by atoms with van der Waals surface area (Å²) in [5.41, 5.74) is 3.78. The number of rotatable bonds is 2. The summed E-state index contributed by atoms with van der Waals surface area (Å²) in [4.78, 5) is 32.5. The molecule has 0 unspecified atom stereocenters. The largest absolute Gasteiger partial charge is 0.274 e.